The summed E-state index contributed by atoms with van der Waals surface area (Å²) in [4.78, 5) is 35.2. The van der Waals surface area contributed by atoms with Gasteiger partial charge in [-0.05, 0) is 42.7 Å². The van der Waals surface area contributed by atoms with Crippen LogP contribution in [0.4, 0.5) is 10.1 Å². The van der Waals surface area contributed by atoms with Crippen LogP contribution >= 0.6 is 0 Å². The summed E-state index contributed by atoms with van der Waals surface area (Å²) in [5, 5.41) is 2.94. The van der Waals surface area contributed by atoms with Gasteiger partial charge >= 0.3 is 0 Å². The lowest BCUT2D eigenvalue weighted by Crippen LogP contribution is -2.13. The highest BCUT2D eigenvalue weighted by Gasteiger charge is 2.30. The zero-order valence-electron chi connectivity index (χ0n) is 16.4. The van der Waals surface area contributed by atoms with Crippen LogP contribution in [0.3, 0.4) is 0 Å². The Kier molecular flexibility index (Phi) is 4.47. The van der Waals surface area contributed by atoms with Gasteiger partial charge < -0.3 is 16.0 Å². The number of nitrogens with two attached hydrogens (primary N) is 1. The third-order valence-corrected chi connectivity index (χ3v) is 5.32. The van der Waals surface area contributed by atoms with Crippen molar-refractivity contribution in [3.05, 3.63) is 66.1 Å². The van der Waals surface area contributed by atoms with E-state index < -0.39 is 11.7 Å². The number of anilines is 1. The first kappa shape index (κ1) is 18.9. The molecule has 8 heteroatoms. The molecule has 0 bridgehead atoms. The smallest absolute Gasteiger partial charge is 0.251 e. The molecule has 2 aromatic carbocycles. The van der Waals surface area contributed by atoms with Crippen LogP contribution in [-0.2, 0) is 4.79 Å². The monoisotopic (exact) mass is 415 g/mol. The third-order valence-electron chi connectivity index (χ3n) is 5.32. The summed E-state index contributed by atoms with van der Waals surface area (Å²) in [5.41, 5.74) is 8.47. The largest absolute Gasteiger partial charge is 0.366 e. The van der Waals surface area contributed by atoms with Crippen molar-refractivity contribution in [3.8, 4) is 22.5 Å². The minimum atomic E-state index is -0.633. The number of carbonyl (C=O) groups is 2. The standard InChI is InChI=1S/C23H18FN5O2/c24-17-11-13(14-3-1-2-4-18(14)27-23(31)12-5-6-12)7-8-15(17)21-28-19-16(20(25)30)9-10-26-22(19)29-21/h1-4,7-12H,5-6H2,(H2,25,30)(H,27,31)(H,26,28,29). The molecule has 1 saturated carbocycles. The molecule has 1 fully saturated rings. The van der Waals surface area contributed by atoms with E-state index >= 15 is 4.39 Å². The maximum atomic E-state index is 15.1. The van der Waals surface area contributed by atoms with E-state index in [9.17, 15) is 9.59 Å². The molecule has 0 saturated heterocycles. The fourth-order valence-electron chi connectivity index (χ4n) is 3.54. The van der Waals surface area contributed by atoms with Gasteiger partial charge in [-0.2, -0.15) is 0 Å². The average molecular weight is 415 g/mol. The summed E-state index contributed by atoms with van der Waals surface area (Å²) in [5.74, 6) is -0.828. The van der Waals surface area contributed by atoms with Gasteiger partial charge in [-0.25, -0.2) is 14.4 Å². The van der Waals surface area contributed by atoms with Crippen molar-refractivity contribution < 1.29 is 14.0 Å². The number of aromatic amines is 1. The van der Waals surface area contributed by atoms with E-state index in [0.29, 0.717) is 22.4 Å². The Morgan fingerprint density at radius 3 is 2.65 bits per heavy atom. The summed E-state index contributed by atoms with van der Waals surface area (Å²) in [6.45, 7) is 0. The second-order valence-electron chi connectivity index (χ2n) is 7.51. The number of pyridine rings is 1. The minimum Gasteiger partial charge on any atom is -0.366 e. The van der Waals surface area contributed by atoms with Crippen molar-refractivity contribution in [3.63, 3.8) is 0 Å². The fraction of sp³-hybridized carbons (Fsp3) is 0.130. The molecule has 0 atom stereocenters. The van der Waals surface area contributed by atoms with Crippen LogP contribution in [0.5, 0.6) is 0 Å². The Bertz CT molecular complexity index is 1340. The molecule has 1 aliphatic rings. The molecule has 4 aromatic rings. The quantitative estimate of drug-likeness (QED) is 0.459. The summed E-state index contributed by atoms with van der Waals surface area (Å²) in [6.07, 6.45) is 3.25. The van der Waals surface area contributed by atoms with Gasteiger partial charge in [-0.3, -0.25) is 9.59 Å². The SMILES string of the molecule is NC(=O)c1ccnc2[nH]c(-c3ccc(-c4ccccc4NC(=O)C4CC4)cc3F)nc12. The maximum absolute atomic E-state index is 15.1. The summed E-state index contributed by atoms with van der Waals surface area (Å²) in [7, 11) is 0. The molecule has 0 spiro atoms. The van der Waals surface area contributed by atoms with Crippen molar-refractivity contribution in [1.29, 1.82) is 0 Å². The first-order chi connectivity index (χ1) is 15.0. The van der Waals surface area contributed by atoms with Gasteiger partial charge in [0, 0.05) is 23.4 Å². The Labute approximate surface area is 176 Å². The van der Waals surface area contributed by atoms with Gasteiger partial charge in [0.25, 0.3) is 5.91 Å². The molecule has 154 valence electrons. The first-order valence-corrected chi connectivity index (χ1v) is 9.86. The molecular formula is C23H18FN5O2. The molecule has 2 amide bonds. The van der Waals surface area contributed by atoms with E-state index in [4.69, 9.17) is 5.73 Å². The molecule has 2 heterocycles. The topological polar surface area (TPSA) is 114 Å². The summed E-state index contributed by atoms with van der Waals surface area (Å²) >= 11 is 0. The lowest BCUT2D eigenvalue weighted by atomic mass is 10.0. The number of benzene rings is 2. The molecule has 0 radical (unpaired) electrons. The van der Waals surface area contributed by atoms with Crippen LogP contribution in [-0.4, -0.2) is 26.8 Å². The Morgan fingerprint density at radius 1 is 1.10 bits per heavy atom. The number of primary amides is 1. The van der Waals surface area contributed by atoms with E-state index in [1.807, 2.05) is 18.2 Å². The molecule has 31 heavy (non-hydrogen) atoms. The predicted octanol–water partition coefficient (Wildman–Crippen LogP) is 3.88. The van der Waals surface area contributed by atoms with Crippen molar-refractivity contribution in [1.82, 2.24) is 15.0 Å². The Balaban J connectivity index is 1.52. The summed E-state index contributed by atoms with van der Waals surface area (Å²) < 4.78 is 15.1. The van der Waals surface area contributed by atoms with Crippen molar-refractivity contribution >= 4 is 28.7 Å². The van der Waals surface area contributed by atoms with E-state index in [-0.39, 0.29) is 28.8 Å². The van der Waals surface area contributed by atoms with Gasteiger partial charge in [0.05, 0.1) is 11.1 Å². The number of fused-ring (bicyclic) bond motifs is 1. The maximum Gasteiger partial charge on any atom is 0.251 e. The first-order valence-electron chi connectivity index (χ1n) is 9.86. The van der Waals surface area contributed by atoms with Crippen LogP contribution < -0.4 is 11.1 Å². The highest BCUT2D eigenvalue weighted by molar-refractivity contribution is 6.03. The van der Waals surface area contributed by atoms with Crippen LogP contribution in [0, 0.1) is 11.7 Å². The van der Waals surface area contributed by atoms with Gasteiger partial charge in [-0.15, -0.1) is 0 Å². The second kappa shape index (κ2) is 7.32. The second-order valence-corrected chi connectivity index (χ2v) is 7.51. The van der Waals surface area contributed by atoms with E-state index in [1.165, 1.54) is 18.3 Å². The number of para-hydroxylation sites is 1. The lowest BCUT2D eigenvalue weighted by Gasteiger charge is -2.12. The van der Waals surface area contributed by atoms with E-state index in [1.54, 1.807) is 18.2 Å². The number of rotatable bonds is 5. The van der Waals surface area contributed by atoms with Crippen LogP contribution in [0.15, 0.2) is 54.7 Å². The number of hydrogen-bond acceptors (Lipinski definition) is 4. The number of halogens is 1. The van der Waals surface area contributed by atoms with E-state index in [2.05, 4.69) is 20.3 Å². The van der Waals surface area contributed by atoms with Gasteiger partial charge in [-0.1, -0.05) is 24.3 Å². The molecule has 0 unspecified atom stereocenters. The number of carbonyl (C=O) groups excluding carboxylic acids is 2. The number of H-pyrrole nitrogens is 1. The van der Waals surface area contributed by atoms with Gasteiger partial charge in [0.15, 0.2) is 5.65 Å². The van der Waals surface area contributed by atoms with Crippen molar-refractivity contribution in [2.75, 3.05) is 5.32 Å². The third kappa shape index (κ3) is 3.52. The molecule has 4 N–H and O–H groups in total. The Hall–Kier alpha value is -4.07. The molecule has 1 aliphatic carbocycles. The van der Waals surface area contributed by atoms with Crippen LogP contribution in [0.25, 0.3) is 33.7 Å². The molecular weight excluding hydrogens is 397 g/mol. The van der Waals surface area contributed by atoms with Crippen LogP contribution in [0.1, 0.15) is 23.2 Å². The number of imidazole rings is 1. The molecule has 0 aliphatic heterocycles. The normalized spacial score (nSPS) is 13.3. The molecule has 5 rings (SSSR count). The number of nitrogens with zero attached hydrogens (tertiary/aromatic N) is 2. The minimum absolute atomic E-state index is 0.00965. The number of nitrogens with one attached hydrogen (secondary N) is 2. The molecule has 7 nitrogen and oxygen atoms in total. The number of hydrogen-bond donors (Lipinski definition) is 3. The lowest BCUT2D eigenvalue weighted by molar-refractivity contribution is -0.117. The highest BCUT2D eigenvalue weighted by Crippen LogP contribution is 2.34. The predicted molar refractivity (Wildman–Crippen MR) is 115 cm³/mol. The number of aromatic nitrogens is 3. The van der Waals surface area contributed by atoms with Gasteiger partial charge in [0.1, 0.15) is 17.2 Å². The van der Waals surface area contributed by atoms with Gasteiger partial charge in [0.2, 0.25) is 5.91 Å². The molecule has 2 aromatic heterocycles. The van der Waals surface area contributed by atoms with E-state index in [0.717, 1.165) is 18.4 Å². The fourth-order valence-corrected chi connectivity index (χ4v) is 3.54. The summed E-state index contributed by atoms with van der Waals surface area (Å²) in [6, 6.07) is 13.5. The number of amides is 2. The van der Waals surface area contributed by atoms with Crippen LogP contribution in [0.2, 0.25) is 0 Å². The highest BCUT2D eigenvalue weighted by atomic mass is 19.1. The zero-order valence-corrected chi connectivity index (χ0v) is 16.4. The zero-order chi connectivity index (χ0) is 21.5. The van der Waals surface area contributed by atoms with Crippen molar-refractivity contribution in [2.24, 2.45) is 11.7 Å². The van der Waals surface area contributed by atoms with Crippen molar-refractivity contribution in [2.45, 2.75) is 12.8 Å². The Morgan fingerprint density at radius 2 is 1.90 bits per heavy atom. The average Bonchev–Trinajstić information content (AvgIpc) is 3.52.